The Labute approximate surface area is 146 Å². The first-order chi connectivity index (χ1) is 12.0. The van der Waals surface area contributed by atoms with E-state index >= 15 is 0 Å². The van der Waals surface area contributed by atoms with Gasteiger partial charge in [0.25, 0.3) is 0 Å². The molecular formula is C20H21NO4. The molecule has 0 unspecified atom stereocenters. The second-order valence-electron chi connectivity index (χ2n) is 5.98. The van der Waals surface area contributed by atoms with Crippen LogP contribution in [0, 0.1) is 13.8 Å². The fraction of sp³-hybridized carbons (Fsp3) is 0.250. The third-order valence-corrected chi connectivity index (χ3v) is 4.30. The van der Waals surface area contributed by atoms with Crippen LogP contribution in [0.2, 0.25) is 0 Å². The minimum Gasteiger partial charge on any atom is -0.497 e. The summed E-state index contributed by atoms with van der Waals surface area (Å²) in [4.78, 5) is 12.5. The van der Waals surface area contributed by atoms with Crippen LogP contribution in [-0.2, 0) is 11.2 Å². The molecule has 130 valence electrons. The second-order valence-corrected chi connectivity index (χ2v) is 5.98. The van der Waals surface area contributed by atoms with Gasteiger partial charge in [0.15, 0.2) is 0 Å². The van der Waals surface area contributed by atoms with Gasteiger partial charge >= 0.3 is 0 Å². The normalized spacial score (nSPS) is 10.7. The van der Waals surface area contributed by atoms with Crippen molar-refractivity contribution in [3.05, 3.63) is 53.3 Å². The Balaban J connectivity index is 1.80. The summed E-state index contributed by atoms with van der Waals surface area (Å²) < 4.78 is 16.1. The number of hydrogen-bond donors (Lipinski definition) is 1. The van der Waals surface area contributed by atoms with Crippen LogP contribution in [0.4, 0.5) is 5.69 Å². The Kier molecular flexibility index (Phi) is 4.65. The van der Waals surface area contributed by atoms with E-state index in [0.29, 0.717) is 17.2 Å². The van der Waals surface area contributed by atoms with Crippen molar-refractivity contribution in [1.29, 1.82) is 0 Å². The number of methoxy groups -OCH3 is 2. The van der Waals surface area contributed by atoms with Crippen LogP contribution in [-0.4, -0.2) is 20.1 Å². The van der Waals surface area contributed by atoms with Crippen molar-refractivity contribution in [1.82, 2.24) is 0 Å². The number of nitrogens with one attached hydrogen (secondary N) is 1. The van der Waals surface area contributed by atoms with E-state index in [-0.39, 0.29) is 12.3 Å². The predicted octanol–water partition coefficient (Wildman–Crippen LogP) is 4.25. The quantitative estimate of drug-likeness (QED) is 0.755. The van der Waals surface area contributed by atoms with Gasteiger partial charge in [-0.25, -0.2) is 0 Å². The molecule has 0 bridgehead atoms. The Morgan fingerprint density at radius 2 is 1.84 bits per heavy atom. The molecule has 3 aromatic rings. The van der Waals surface area contributed by atoms with Crippen LogP contribution in [0.5, 0.6) is 11.5 Å². The number of furan rings is 1. The van der Waals surface area contributed by atoms with Gasteiger partial charge < -0.3 is 19.2 Å². The average molecular weight is 339 g/mol. The summed E-state index contributed by atoms with van der Waals surface area (Å²) in [5, 5.41) is 3.85. The lowest BCUT2D eigenvalue weighted by molar-refractivity contribution is -0.115. The van der Waals surface area contributed by atoms with Gasteiger partial charge in [-0.3, -0.25) is 4.79 Å². The first-order valence-electron chi connectivity index (χ1n) is 8.01. The van der Waals surface area contributed by atoms with Crippen molar-refractivity contribution in [2.24, 2.45) is 0 Å². The number of anilines is 1. The van der Waals surface area contributed by atoms with E-state index in [9.17, 15) is 4.79 Å². The number of carbonyl (C=O) groups excluding carboxylic acids is 1. The van der Waals surface area contributed by atoms with Gasteiger partial charge in [0.05, 0.1) is 32.6 Å². The number of amides is 1. The van der Waals surface area contributed by atoms with Crippen LogP contribution in [0.1, 0.15) is 16.7 Å². The van der Waals surface area contributed by atoms with E-state index in [1.807, 2.05) is 19.9 Å². The summed E-state index contributed by atoms with van der Waals surface area (Å²) in [5.41, 5.74) is 4.61. The van der Waals surface area contributed by atoms with E-state index < -0.39 is 0 Å². The molecule has 0 aliphatic carbocycles. The van der Waals surface area contributed by atoms with E-state index in [4.69, 9.17) is 13.9 Å². The zero-order valence-electron chi connectivity index (χ0n) is 14.8. The summed E-state index contributed by atoms with van der Waals surface area (Å²) in [6.07, 6.45) is 1.87. The highest BCUT2D eigenvalue weighted by Gasteiger charge is 2.14. The summed E-state index contributed by atoms with van der Waals surface area (Å²) in [7, 11) is 3.14. The van der Waals surface area contributed by atoms with Gasteiger partial charge in [0.1, 0.15) is 17.1 Å². The van der Waals surface area contributed by atoms with E-state index in [2.05, 4.69) is 11.4 Å². The molecule has 1 N–H and O–H groups in total. The highest BCUT2D eigenvalue weighted by molar-refractivity contribution is 5.96. The van der Waals surface area contributed by atoms with Gasteiger partial charge in [-0.15, -0.1) is 0 Å². The minimum atomic E-state index is -0.135. The number of hydrogen-bond acceptors (Lipinski definition) is 4. The van der Waals surface area contributed by atoms with Gasteiger partial charge in [-0.2, -0.15) is 0 Å². The Morgan fingerprint density at radius 1 is 1.08 bits per heavy atom. The lowest BCUT2D eigenvalue weighted by Crippen LogP contribution is -2.14. The standard InChI is InChI=1S/C20H21NO4/c1-12-7-16-14(11-25-18(16)8-13(12)2)9-20(22)21-17-6-5-15(23-3)10-19(17)24-4/h5-8,10-11H,9H2,1-4H3,(H,21,22). The largest absolute Gasteiger partial charge is 0.497 e. The van der Waals surface area contributed by atoms with Gasteiger partial charge in [0.2, 0.25) is 5.91 Å². The zero-order valence-corrected chi connectivity index (χ0v) is 14.8. The first-order valence-corrected chi connectivity index (χ1v) is 8.01. The van der Waals surface area contributed by atoms with Crippen LogP contribution < -0.4 is 14.8 Å². The third kappa shape index (κ3) is 3.45. The van der Waals surface area contributed by atoms with Gasteiger partial charge in [-0.05, 0) is 49.2 Å². The van der Waals surface area contributed by atoms with Crippen LogP contribution in [0.15, 0.2) is 41.0 Å². The predicted molar refractivity (Wildman–Crippen MR) is 97.6 cm³/mol. The van der Waals surface area contributed by atoms with Gasteiger partial charge in [-0.1, -0.05) is 0 Å². The number of ether oxygens (including phenoxy) is 2. The lowest BCUT2D eigenvalue weighted by Gasteiger charge is -2.11. The summed E-state index contributed by atoms with van der Waals surface area (Å²) >= 11 is 0. The lowest BCUT2D eigenvalue weighted by atomic mass is 10.0. The Morgan fingerprint density at radius 3 is 2.56 bits per heavy atom. The van der Waals surface area contributed by atoms with Crippen molar-refractivity contribution in [3.63, 3.8) is 0 Å². The monoisotopic (exact) mass is 339 g/mol. The highest BCUT2D eigenvalue weighted by Crippen LogP contribution is 2.30. The molecule has 0 aliphatic rings. The van der Waals surface area contributed by atoms with Crippen LogP contribution in [0.3, 0.4) is 0 Å². The van der Waals surface area contributed by atoms with Crippen molar-refractivity contribution < 1.29 is 18.7 Å². The molecule has 0 saturated carbocycles. The molecule has 25 heavy (non-hydrogen) atoms. The molecule has 1 aromatic heterocycles. The third-order valence-electron chi connectivity index (χ3n) is 4.30. The van der Waals surface area contributed by atoms with E-state index in [0.717, 1.165) is 16.5 Å². The van der Waals surface area contributed by atoms with Gasteiger partial charge in [0, 0.05) is 17.0 Å². The maximum absolute atomic E-state index is 12.5. The molecule has 0 radical (unpaired) electrons. The molecular weight excluding hydrogens is 318 g/mol. The fourth-order valence-electron chi connectivity index (χ4n) is 2.74. The fourth-order valence-corrected chi connectivity index (χ4v) is 2.74. The summed E-state index contributed by atoms with van der Waals surface area (Å²) in [5.74, 6) is 1.09. The number of aryl methyl sites for hydroxylation is 2. The molecule has 1 amide bonds. The molecule has 5 heteroatoms. The summed E-state index contributed by atoms with van der Waals surface area (Å²) in [6.45, 7) is 4.09. The minimum absolute atomic E-state index is 0.135. The van der Waals surface area contributed by atoms with Crippen molar-refractivity contribution in [3.8, 4) is 11.5 Å². The van der Waals surface area contributed by atoms with E-state index in [1.54, 1.807) is 38.7 Å². The van der Waals surface area contributed by atoms with E-state index in [1.165, 1.54) is 11.1 Å². The van der Waals surface area contributed by atoms with Crippen LogP contribution >= 0.6 is 0 Å². The summed E-state index contributed by atoms with van der Waals surface area (Å²) in [6, 6.07) is 9.33. The molecule has 0 fully saturated rings. The number of fused-ring (bicyclic) bond motifs is 1. The highest BCUT2D eigenvalue weighted by atomic mass is 16.5. The smallest absolute Gasteiger partial charge is 0.229 e. The molecule has 0 atom stereocenters. The molecule has 3 rings (SSSR count). The van der Waals surface area contributed by atoms with Crippen LogP contribution in [0.25, 0.3) is 11.0 Å². The number of rotatable bonds is 5. The Bertz CT molecular complexity index is 927. The molecule has 2 aromatic carbocycles. The van der Waals surface area contributed by atoms with Crippen molar-refractivity contribution in [2.75, 3.05) is 19.5 Å². The van der Waals surface area contributed by atoms with Crippen molar-refractivity contribution >= 4 is 22.6 Å². The SMILES string of the molecule is COc1ccc(NC(=O)Cc2coc3cc(C)c(C)cc23)c(OC)c1. The number of benzene rings is 2. The molecule has 0 aliphatic heterocycles. The Hall–Kier alpha value is -2.95. The maximum Gasteiger partial charge on any atom is 0.229 e. The molecule has 5 nitrogen and oxygen atoms in total. The second kappa shape index (κ2) is 6.89. The zero-order chi connectivity index (χ0) is 18.0. The topological polar surface area (TPSA) is 60.7 Å². The molecule has 1 heterocycles. The molecule has 0 spiro atoms. The average Bonchev–Trinajstić information content (AvgIpc) is 2.97. The maximum atomic E-state index is 12.5. The molecule has 0 saturated heterocycles. The number of carbonyl (C=O) groups is 1. The van der Waals surface area contributed by atoms with Crippen molar-refractivity contribution in [2.45, 2.75) is 20.3 Å². The first kappa shape index (κ1) is 16.9.